The summed E-state index contributed by atoms with van der Waals surface area (Å²) in [6.07, 6.45) is 6.51. The molecular weight excluding hydrogens is 298 g/mol. The SMILES string of the molecule is Cc1cc([N+](=O)[O-])ccc1/N=C1\SCCN1C1CCCCC1. The van der Waals surface area contributed by atoms with Crippen LogP contribution >= 0.6 is 11.8 Å². The second-order valence-corrected chi connectivity index (χ2v) is 7.02. The van der Waals surface area contributed by atoms with Crippen LogP contribution in [-0.4, -0.2) is 33.3 Å². The summed E-state index contributed by atoms with van der Waals surface area (Å²) in [5.41, 5.74) is 1.83. The Hall–Kier alpha value is -1.56. The molecule has 0 amide bonds. The van der Waals surface area contributed by atoms with E-state index in [4.69, 9.17) is 4.99 Å². The number of aliphatic imine (C=N–C) groups is 1. The van der Waals surface area contributed by atoms with Crippen molar-refractivity contribution in [3.05, 3.63) is 33.9 Å². The van der Waals surface area contributed by atoms with Crippen LogP contribution < -0.4 is 0 Å². The van der Waals surface area contributed by atoms with E-state index in [1.165, 1.54) is 38.2 Å². The topological polar surface area (TPSA) is 58.7 Å². The van der Waals surface area contributed by atoms with Crippen LogP contribution in [0.2, 0.25) is 0 Å². The lowest BCUT2D eigenvalue weighted by atomic mass is 9.94. The Morgan fingerprint density at radius 1 is 1.32 bits per heavy atom. The highest BCUT2D eigenvalue weighted by Gasteiger charge is 2.28. The van der Waals surface area contributed by atoms with Crippen molar-refractivity contribution in [3.8, 4) is 0 Å². The Morgan fingerprint density at radius 3 is 2.77 bits per heavy atom. The Bertz CT molecular complexity index is 597. The number of thioether (sulfide) groups is 1. The van der Waals surface area contributed by atoms with Gasteiger partial charge in [0.15, 0.2) is 5.17 Å². The average Bonchev–Trinajstić information content (AvgIpc) is 2.98. The number of hydrogen-bond acceptors (Lipinski definition) is 4. The zero-order chi connectivity index (χ0) is 15.5. The van der Waals surface area contributed by atoms with E-state index in [0.717, 1.165) is 28.7 Å². The molecule has 1 heterocycles. The van der Waals surface area contributed by atoms with E-state index in [-0.39, 0.29) is 10.6 Å². The van der Waals surface area contributed by atoms with Crippen LogP contribution in [0, 0.1) is 17.0 Å². The van der Waals surface area contributed by atoms with Crippen LogP contribution in [0.5, 0.6) is 0 Å². The molecule has 0 aromatic heterocycles. The molecule has 1 aliphatic carbocycles. The van der Waals surface area contributed by atoms with E-state index in [1.54, 1.807) is 23.9 Å². The number of benzene rings is 1. The summed E-state index contributed by atoms with van der Waals surface area (Å²) in [4.78, 5) is 17.7. The molecule has 118 valence electrons. The second-order valence-electron chi connectivity index (χ2n) is 5.96. The number of nitrogens with zero attached hydrogens (tertiary/aromatic N) is 3. The summed E-state index contributed by atoms with van der Waals surface area (Å²) in [5.74, 6) is 1.08. The van der Waals surface area contributed by atoms with Gasteiger partial charge in [-0.2, -0.15) is 0 Å². The minimum atomic E-state index is -0.359. The van der Waals surface area contributed by atoms with Crippen molar-refractivity contribution in [2.45, 2.75) is 45.1 Å². The van der Waals surface area contributed by atoms with Crippen molar-refractivity contribution in [1.29, 1.82) is 0 Å². The number of nitro groups is 1. The van der Waals surface area contributed by atoms with Crippen molar-refractivity contribution in [2.24, 2.45) is 4.99 Å². The quantitative estimate of drug-likeness (QED) is 0.616. The highest BCUT2D eigenvalue weighted by Crippen LogP contribution is 2.32. The maximum Gasteiger partial charge on any atom is 0.269 e. The van der Waals surface area contributed by atoms with E-state index >= 15 is 0 Å². The van der Waals surface area contributed by atoms with Gasteiger partial charge in [-0.25, -0.2) is 4.99 Å². The predicted molar refractivity (Wildman–Crippen MR) is 91.0 cm³/mol. The van der Waals surface area contributed by atoms with Gasteiger partial charge in [0.1, 0.15) is 0 Å². The van der Waals surface area contributed by atoms with E-state index in [0.29, 0.717) is 6.04 Å². The molecule has 22 heavy (non-hydrogen) atoms. The van der Waals surface area contributed by atoms with Gasteiger partial charge in [0.25, 0.3) is 5.69 Å². The fourth-order valence-electron chi connectivity index (χ4n) is 3.22. The van der Waals surface area contributed by atoms with Gasteiger partial charge in [-0.1, -0.05) is 31.0 Å². The van der Waals surface area contributed by atoms with Gasteiger partial charge in [-0.15, -0.1) is 0 Å². The van der Waals surface area contributed by atoms with Gasteiger partial charge in [0, 0.05) is 30.5 Å². The molecule has 0 radical (unpaired) electrons. The molecule has 1 saturated heterocycles. The van der Waals surface area contributed by atoms with Crippen LogP contribution in [0.3, 0.4) is 0 Å². The first-order chi connectivity index (χ1) is 10.6. The molecule has 5 nitrogen and oxygen atoms in total. The highest BCUT2D eigenvalue weighted by atomic mass is 32.2. The molecule has 2 fully saturated rings. The van der Waals surface area contributed by atoms with Gasteiger partial charge in [-0.05, 0) is 31.4 Å². The lowest BCUT2D eigenvalue weighted by Crippen LogP contribution is -2.37. The number of rotatable bonds is 3. The van der Waals surface area contributed by atoms with Crippen molar-refractivity contribution in [1.82, 2.24) is 4.90 Å². The Morgan fingerprint density at radius 2 is 2.09 bits per heavy atom. The summed E-state index contributed by atoms with van der Waals surface area (Å²) in [7, 11) is 0. The normalized spacial score (nSPS) is 21.5. The fourth-order valence-corrected chi connectivity index (χ4v) is 4.26. The lowest BCUT2D eigenvalue weighted by Gasteiger charge is -2.32. The summed E-state index contributed by atoms with van der Waals surface area (Å²) >= 11 is 1.80. The second kappa shape index (κ2) is 6.69. The largest absolute Gasteiger partial charge is 0.347 e. The van der Waals surface area contributed by atoms with E-state index in [9.17, 15) is 10.1 Å². The summed E-state index contributed by atoms with van der Waals surface area (Å²) in [6.45, 7) is 2.96. The van der Waals surface area contributed by atoms with E-state index < -0.39 is 0 Å². The molecule has 3 rings (SSSR count). The molecule has 6 heteroatoms. The lowest BCUT2D eigenvalue weighted by molar-refractivity contribution is -0.384. The standard InChI is InChI=1S/C16H21N3O2S/c1-12-11-14(19(20)21)7-8-15(12)17-16-18(9-10-22-16)13-5-3-2-4-6-13/h7-8,11,13H,2-6,9-10H2,1H3/b17-16-. The van der Waals surface area contributed by atoms with Gasteiger partial charge in [0.2, 0.25) is 0 Å². The van der Waals surface area contributed by atoms with Crippen LogP contribution in [0.1, 0.15) is 37.7 Å². The number of aryl methyl sites for hydroxylation is 1. The molecule has 0 atom stereocenters. The average molecular weight is 319 g/mol. The van der Waals surface area contributed by atoms with Crippen LogP contribution in [-0.2, 0) is 0 Å². The first-order valence-electron chi connectivity index (χ1n) is 7.88. The minimum Gasteiger partial charge on any atom is -0.347 e. The third-order valence-corrected chi connectivity index (χ3v) is 5.40. The Kier molecular flexibility index (Phi) is 4.66. The number of non-ortho nitro benzene ring substituents is 1. The van der Waals surface area contributed by atoms with Crippen molar-refractivity contribution < 1.29 is 4.92 Å². The van der Waals surface area contributed by atoms with E-state index in [1.807, 2.05) is 6.92 Å². The maximum absolute atomic E-state index is 10.8. The zero-order valence-corrected chi connectivity index (χ0v) is 13.6. The van der Waals surface area contributed by atoms with Crippen LogP contribution in [0.25, 0.3) is 0 Å². The molecule has 0 unspecified atom stereocenters. The summed E-state index contributed by atoms with van der Waals surface area (Å²) in [5, 5.41) is 11.9. The van der Waals surface area contributed by atoms with Crippen molar-refractivity contribution in [2.75, 3.05) is 12.3 Å². The minimum absolute atomic E-state index is 0.129. The number of nitro benzene ring substituents is 1. The third-order valence-electron chi connectivity index (χ3n) is 4.43. The zero-order valence-electron chi connectivity index (χ0n) is 12.8. The third kappa shape index (κ3) is 3.27. The molecule has 1 aromatic rings. The predicted octanol–water partition coefficient (Wildman–Crippen LogP) is 4.27. The Balaban J connectivity index is 1.82. The Labute approximate surface area is 135 Å². The number of hydrogen-bond donors (Lipinski definition) is 0. The van der Waals surface area contributed by atoms with Gasteiger partial charge in [-0.3, -0.25) is 10.1 Å². The highest BCUT2D eigenvalue weighted by molar-refractivity contribution is 8.14. The van der Waals surface area contributed by atoms with Gasteiger partial charge >= 0.3 is 0 Å². The maximum atomic E-state index is 10.8. The molecule has 1 saturated carbocycles. The summed E-state index contributed by atoms with van der Waals surface area (Å²) in [6, 6.07) is 5.53. The molecule has 0 bridgehead atoms. The smallest absolute Gasteiger partial charge is 0.269 e. The monoisotopic (exact) mass is 319 g/mol. The van der Waals surface area contributed by atoms with Crippen LogP contribution in [0.15, 0.2) is 23.2 Å². The fraction of sp³-hybridized carbons (Fsp3) is 0.562. The molecule has 2 aliphatic rings. The van der Waals surface area contributed by atoms with Crippen LogP contribution in [0.4, 0.5) is 11.4 Å². The molecule has 1 aromatic carbocycles. The molecule has 0 N–H and O–H groups in total. The first-order valence-corrected chi connectivity index (χ1v) is 8.87. The number of amidine groups is 1. The van der Waals surface area contributed by atoms with Crippen molar-refractivity contribution in [3.63, 3.8) is 0 Å². The molecule has 0 spiro atoms. The van der Waals surface area contributed by atoms with E-state index in [2.05, 4.69) is 4.90 Å². The summed E-state index contributed by atoms with van der Waals surface area (Å²) < 4.78 is 0. The van der Waals surface area contributed by atoms with Gasteiger partial charge in [0.05, 0.1) is 10.6 Å². The van der Waals surface area contributed by atoms with Crippen molar-refractivity contribution >= 4 is 28.3 Å². The molecular formula is C16H21N3O2S. The first kappa shape index (κ1) is 15.3. The van der Waals surface area contributed by atoms with Gasteiger partial charge < -0.3 is 4.90 Å². The molecule has 1 aliphatic heterocycles.